The highest BCUT2D eigenvalue weighted by Crippen LogP contribution is 2.28. The van der Waals surface area contributed by atoms with Gasteiger partial charge in [-0.05, 0) is 43.2 Å². The largest absolute Gasteiger partial charge is 0.491 e. The number of halogens is 1. The van der Waals surface area contributed by atoms with E-state index in [9.17, 15) is 0 Å². The molecular weight excluding hydrogens is 328 g/mol. The number of ether oxygens (including phenoxy) is 1. The molecule has 2 rings (SSSR count). The van der Waals surface area contributed by atoms with Gasteiger partial charge in [0.15, 0.2) is 0 Å². The van der Waals surface area contributed by atoms with Crippen molar-refractivity contribution >= 4 is 27.3 Å². The van der Waals surface area contributed by atoms with Crippen LogP contribution in [0.1, 0.15) is 31.9 Å². The summed E-state index contributed by atoms with van der Waals surface area (Å²) in [6, 6.07) is 14.3. The summed E-state index contributed by atoms with van der Waals surface area (Å²) in [5.41, 5.74) is 8.84. The SMILES string of the molecule is CCCOc1cc(NC(C)c2ccc(Br)cc2)ccc1N. The first-order valence-electron chi connectivity index (χ1n) is 7.14. The molecule has 0 spiro atoms. The van der Waals surface area contributed by atoms with Crippen LogP contribution < -0.4 is 15.8 Å². The van der Waals surface area contributed by atoms with Gasteiger partial charge < -0.3 is 15.8 Å². The summed E-state index contributed by atoms with van der Waals surface area (Å²) in [4.78, 5) is 0. The molecule has 112 valence electrons. The Hall–Kier alpha value is -1.68. The molecule has 0 fully saturated rings. The van der Waals surface area contributed by atoms with Gasteiger partial charge in [0.05, 0.1) is 12.3 Å². The van der Waals surface area contributed by atoms with Gasteiger partial charge in [-0.2, -0.15) is 0 Å². The van der Waals surface area contributed by atoms with E-state index in [0.29, 0.717) is 12.3 Å². The molecule has 0 saturated heterocycles. The predicted molar refractivity (Wildman–Crippen MR) is 92.8 cm³/mol. The van der Waals surface area contributed by atoms with Crippen LogP contribution in [0, 0.1) is 0 Å². The lowest BCUT2D eigenvalue weighted by molar-refractivity contribution is 0.319. The summed E-state index contributed by atoms with van der Waals surface area (Å²) in [7, 11) is 0. The zero-order chi connectivity index (χ0) is 15.2. The number of nitrogens with one attached hydrogen (secondary N) is 1. The van der Waals surface area contributed by atoms with Gasteiger partial charge in [0, 0.05) is 22.3 Å². The van der Waals surface area contributed by atoms with Gasteiger partial charge in [0.25, 0.3) is 0 Å². The Kier molecular flexibility index (Phi) is 5.51. The molecule has 0 heterocycles. The minimum atomic E-state index is 0.209. The third-order valence-corrected chi connectivity index (χ3v) is 3.76. The highest BCUT2D eigenvalue weighted by Gasteiger charge is 2.07. The van der Waals surface area contributed by atoms with E-state index in [4.69, 9.17) is 10.5 Å². The van der Waals surface area contributed by atoms with Crippen LogP contribution >= 0.6 is 15.9 Å². The Morgan fingerprint density at radius 1 is 1.19 bits per heavy atom. The third kappa shape index (κ3) is 4.39. The van der Waals surface area contributed by atoms with Crippen molar-refractivity contribution in [3.8, 4) is 5.75 Å². The predicted octanol–water partition coefficient (Wildman–Crippen LogP) is 4.99. The average Bonchev–Trinajstić information content (AvgIpc) is 2.48. The van der Waals surface area contributed by atoms with E-state index in [1.807, 2.05) is 30.3 Å². The highest BCUT2D eigenvalue weighted by molar-refractivity contribution is 9.10. The maximum atomic E-state index is 5.93. The molecule has 3 nitrogen and oxygen atoms in total. The Balaban J connectivity index is 2.09. The minimum absolute atomic E-state index is 0.209. The number of rotatable bonds is 6. The second-order valence-electron chi connectivity index (χ2n) is 5.02. The Morgan fingerprint density at radius 2 is 1.90 bits per heavy atom. The molecule has 0 aromatic heterocycles. The summed E-state index contributed by atoms with van der Waals surface area (Å²) >= 11 is 3.45. The van der Waals surface area contributed by atoms with Crippen molar-refractivity contribution < 1.29 is 4.74 Å². The van der Waals surface area contributed by atoms with Crippen molar-refractivity contribution in [1.82, 2.24) is 0 Å². The summed E-state index contributed by atoms with van der Waals surface area (Å²) in [6.45, 7) is 4.88. The van der Waals surface area contributed by atoms with Crippen molar-refractivity contribution in [2.75, 3.05) is 17.7 Å². The molecule has 2 aromatic rings. The standard InChI is InChI=1S/C17H21BrN2O/c1-3-10-21-17-11-15(8-9-16(17)19)20-12(2)13-4-6-14(18)7-5-13/h4-9,11-12,20H,3,10,19H2,1-2H3. The van der Waals surface area contributed by atoms with E-state index in [1.165, 1.54) is 5.56 Å². The number of anilines is 2. The van der Waals surface area contributed by atoms with Gasteiger partial charge in [-0.15, -0.1) is 0 Å². The number of hydrogen-bond donors (Lipinski definition) is 2. The van der Waals surface area contributed by atoms with Crippen molar-refractivity contribution in [3.05, 3.63) is 52.5 Å². The van der Waals surface area contributed by atoms with Crippen LogP contribution in [0.3, 0.4) is 0 Å². The maximum Gasteiger partial charge on any atom is 0.144 e. The average molecular weight is 349 g/mol. The molecule has 0 saturated carbocycles. The molecule has 0 aliphatic carbocycles. The normalized spacial score (nSPS) is 12.0. The van der Waals surface area contributed by atoms with Gasteiger partial charge in [0.2, 0.25) is 0 Å². The lowest BCUT2D eigenvalue weighted by atomic mass is 10.1. The van der Waals surface area contributed by atoms with Gasteiger partial charge in [-0.3, -0.25) is 0 Å². The van der Waals surface area contributed by atoms with E-state index in [2.05, 4.69) is 47.2 Å². The summed E-state index contributed by atoms with van der Waals surface area (Å²) in [5, 5.41) is 3.47. The molecule has 0 aliphatic heterocycles. The molecule has 21 heavy (non-hydrogen) atoms. The zero-order valence-corrected chi connectivity index (χ0v) is 14.0. The fourth-order valence-corrected chi connectivity index (χ4v) is 2.31. The molecule has 0 amide bonds. The van der Waals surface area contributed by atoms with Crippen LogP contribution in [0.5, 0.6) is 5.75 Å². The van der Waals surface area contributed by atoms with Crippen LogP contribution in [0.25, 0.3) is 0 Å². The molecule has 1 atom stereocenters. The summed E-state index contributed by atoms with van der Waals surface area (Å²) < 4.78 is 6.74. The smallest absolute Gasteiger partial charge is 0.144 e. The molecule has 0 radical (unpaired) electrons. The Labute approximate surface area is 134 Å². The van der Waals surface area contributed by atoms with Crippen LogP contribution in [-0.2, 0) is 0 Å². The van der Waals surface area contributed by atoms with Crippen molar-refractivity contribution in [3.63, 3.8) is 0 Å². The molecular formula is C17H21BrN2O. The van der Waals surface area contributed by atoms with Crippen LogP contribution in [0.4, 0.5) is 11.4 Å². The van der Waals surface area contributed by atoms with Crippen molar-refractivity contribution in [2.45, 2.75) is 26.3 Å². The van der Waals surface area contributed by atoms with Crippen LogP contribution in [0.15, 0.2) is 46.9 Å². The zero-order valence-electron chi connectivity index (χ0n) is 12.4. The highest BCUT2D eigenvalue weighted by atomic mass is 79.9. The van der Waals surface area contributed by atoms with E-state index in [0.717, 1.165) is 22.3 Å². The number of benzene rings is 2. The summed E-state index contributed by atoms with van der Waals surface area (Å²) in [5.74, 6) is 0.741. The number of nitrogens with two attached hydrogens (primary N) is 1. The lowest BCUT2D eigenvalue weighted by Gasteiger charge is -2.17. The fraction of sp³-hybridized carbons (Fsp3) is 0.294. The number of hydrogen-bond acceptors (Lipinski definition) is 3. The third-order valence-electron chi connectivity index (χ3n) is 3.23. The van der Waals surface area contributed by atoms with Crippen molar-refractivity contribution in [1.29, 1.82) is 0 Å². The quantitative estimate of drug-likeness (QED) is 0.722. The molecule has 0 bridgehead atoms. The lowest BCUT2D eigenvalue weighted by Crippen LogP contribution is -2.07. The number of nitrogen functional groups attached to an aromatic ring is 1. The molecule has 3 N–H and O–H groups in total. The van der Waals surface area contributed by atoms with E-state index in [-0.39, 0.29) is 6.04 Å². The second-order valence-corrected chi connectivity index (χ2v) is 5.93. The topological polar surface area (TPSA) is 47.3 Å². The fourth-order valence-electron chi connectivity index (χ4n) is 2.05. The van der Waals surface area contributed by atoms with Gasteiger partial charge in [-0.25, -0.2) is 0 Å². The molecule has 4 heteroatoms. The maximum absolute atomic E-state index is 5.93. The first kappa shape index (κ1) is 15.7. The van der Waals surface area contributed by atoms with E-state index in [1.54, 1.807) is 0 Å². The molecule has 1 unspecified atom stereocenters. The van der Waals surface area contributed by atoms with Gasteiger partial charge in [-0.1, -0.05) is 35.0 Å². The summed E-state index contributed by atoms with van der Waals surface area (Å²) in [6.07, 6.45) is 0.965. The minimum Gasteiger partial charge on any atom is -0.491 e. The van der Waals surface area contributed by atoms with Gasteiger partial charge >= 0.3 is 0 Å². The van der Waals surface area contributed by atoms with Crippen molar-refractivity contribution in [2.24, 2.45) is 0 Å². The Morgan fingerprint density at radius 3 is 2.57 bits per heavy atom. The van der Waals surface area contributed by atoms with Crippen LogP contribution in [0.2, 0.25) is 0 Å². The first-order chi connectivity index (χ1) is 10.1. The van der Waals surface area contributed by atoms with E-state index < -0.39 is 0 Å². The van der Waals surface area contributed by atoms with E-state index >= 15 is 0 Å². The molecule has 0 aliphatic rings. The van der Waals surface area contributed by atoms with Gasteiger partial charge in [0.1, 0.15) is 5.75 Å². The monoisotopic (exact) mass is 348 g/mol. The first-order valence-corrected chi connectivity index (χ1v) is 7.93. The van der Waals surface area contributed by atoms with Crippen LogP contribution in [-0.4, -0.2) is 6.61 Å². The molecule has 2 aromatic carbocycles. The second kappa shape index (κ2) is 7.36. The Bertz CT molecular complexity index is 584.